The molecule has 2 heterocycles. The normalized spacial score (nSPS) is 11.0. The minimum atomic E-state index is 0.546. The van der Waals surface area contributed by atoms with Gasteiger partial charge < -0.3 is 10.2 Å². The number of aromatic nitrogens is 2. The van der Waals surface area contributed by atoms with Crippen LogP contribution in [0.5, 0.6) is 0 Å². The van der Waals surface area contributed by atoms with Crippen molar-refractivity contribution in [3.8, 4) is 10.8 Å². The predicted octanol–water partition coefficient (Wildman–Crippen LogP) is 5.20. The lowest BCUT2D eigenvalue weighted by atomic mass is 10.3. The first kappa shape index (κ1) is 15.1. The Morgan fingerprint density at radius 1 is 1.19 bits per heavy atom. The van der Waals surface area contributed by atoms with Gasteiger partial charge in [-0.05, 0) is 46.3 Å². The van der Waals surface area contributed by atoms with Gasteiger partial charge in [-0.3, -0.25) is 0 Å². The number of hydrogen-bond acceptors (Lipinski definition) is 6. The van der Waals surface area contributed by atoms with E-state index >= 15 is 0 Å². The van der Waals surface area contributed by atoms with Gasteiger partial charge in [-0.15, -0.1) is 33.3 Å². The third-order valence-corrected chi connectivity index (χ3v) is 5.75. The van der Waals surface area contributed by atoms with E-state index in [9.17, 15) is 0 Å². The second-order valence-electron chi connectivity index (χ2n) is 4.08. The third kappa shape index (κ3) is 3.68. The highest BCUT2D eigenvalue weighted by molar-refractivity contribution is 9.11. The Morgan fingerprint density at radius 3 is 2.76 bits per heavy atom. The van der Waals surface area contributed by atoms with Crippen molar-refractivity contribution < 1.29 is 4.42 Å². The summed E-state index contributed by atoms with van der Waals surface area (Å²) < 4.78 is 7.67. The highest BCUT2D eigenvalue weighted by Gasteiger charge is 2.11. The van der Waals surface area contributed by atoms with Crippen molar-refractivity contribution in [3.05, 3.63) is 44.5 Å². The van der Waals surface area contributed by atoms with E-state index < -0.39 is 0 Å². The Bertz CT molecular complexity index is 772. The van der Waals surface area contributed by atoms with Gasteiger partial charge in [0.25, 0.3) is 5.89 Å². The van der Waals surface area contributed by atoms with Gasteiger partial charge in [0.15, 0.2) is 0 Å². The minimum absolute atomic E-state index is 0.546. The molecule has 0 aliphatic heterocycles. The number of rotatable bonds is 4. The van der Waals surface area contributed by atoms with Crippen LogP contribution in [0.3, 0.4) is 0 Å². The molecule has 3 aromatic rings. The van der Waals surface area contributed by atoms with E-state index in [0.29, 0.717) is 17.5 Å². The van der Waals surface area contributed by atoms with E-state index in [1.165, 1.54) is 0 Å². The molecule has 0 radical (unpaired) electrons. The summed E-state index contributed by atoms with van der Waals surface area (Å²) in [5.41, 5.74) is 6.70. The standard InChI is InChI=1S/C13H9Br2N3OS2/c14-7-1-2-9(8(16)5-7)20-6-12-17-18-13(19-12)10-3-4-11(15)21-10/h1-5H,6,16H2. The van der Waals surface area contributed by atoms with Crippen molar-refractivity contribution in [1.29, 1.82) is 0 Å². The molecule has 0 bridgehead atoms. The van der Waals surface area contributed by atoms with Crippen molar-refractivity contribution >= 4 is 60.6 Å². The molecule has 0 amide bonds. The first-order chi connectivity index (χ1) is 10.1. The average molecular weight is 447 g/mol. The van der Waals surface area contributed by atoms with Crippen LogP contribution in [0.15, 0.2) is 47.9 Å². The molecule has 0 aliphatic carbocycles. The molecule has 21 heavy (non-hydrogen) atoms. The molecule has 0 fully saturated rings. The lowest BCUT2D eigenvalue weighted by Gasteiger charge is -2.03. The zero-order valence-electron chi connectivity index (χ0n) is 10.5. The fourth-order valence-corrected chi connectivity index (χ4v) is 4.10. The molecule has 1 aromatic carbocycles. The van der Waals surface area contributed by atoms with E-state index in [4.69, 9.17) is 10.2 Å². The quantitative estimate of drug-likeness (QED) is 0.440. The molecule has 2 N–H and O–H groups in total. The van der Waals surface area contributed by atoms with Crippen LogP contribution >= 0.6 is 55.0 Å². The summed E-state index contributed by atoms with van der Waals surface area (Å²) in [5.74, 6) is 1.72. The first-order valence-electron chi connectivity index (χ1n) is 5.88. The topological polar surface area (TPSA) is 64.9 Å². The van der Waals surface area contributed by atoms with E-state index in [-0.39, 0.29) is 0 Å². The number of anilines is 1. The SMILES string of the molecule is Nc1cc(Br)ccc1SCc1nnc(-c2ccc(Br)s2)o1. The van der Waals surface area contributed by atoms with E-state index in [0.717, 1.165) is 23.7 Å². The minimum Gasteiger partial charge on any atom is -0.419 e. The Kier molecular flexibility index (Phi) is 4.68. The molecule has 0 saturated carbocycles. The predicted molar refractivity (Wildman–Crippen MR) is 93.4 cm³/mol. The number of nitrogens with two attached hydrogens (primary N) is 1. The van der Waals surface area contributed by atoms with Crippen LogP contribution < -0.4 is 5.73 Å². The number of halogens is 2. The molecular formula is C13H9Br2N3OS2. The van der Waals surface area contributed by atoms with Crippen LogP contribution in [0.1, 0.15) is 5.89 Å². The molecule has 0 aliphatic rings. The van der Waals surface area contributed by atoms with Crippen LogP contribution in [0.25, 0.3) is 10.8 Å². The van der Waals surface area contributed by atoms with Crippen LogP contribution in [0, 0.1) is 0 Å². The monoisotopic (exact) mass is 445 g/mol. The summed E-state index contributed by atoms with van der Waals surface area (Å²) in [6, 6.07) is 9.72. The maximum atomic E-state index is 5.96. The lowest BCUT2D eigenvalue weighted by Crippen LogP contribution is -1.89. The fourth-order valence-electron chi connectivity index (χ4n) is 1.63. The van der Waals surface area contributed by atoms with Gasteiger partial charge in [-0.2, -0.15) is 0 Å². The van der Waals surface area contributed by atoms with Crippen molar-refractivity contribution in [1.82, 2.24) is 10.2 Å². The summed E-state index contributed by atoms with van der Waals surface area (Å²) >= 11 is 9.94. The fraction of sp³-hybridized carbons (Fsp3) is 0.0769. The molecule has 0 spiro atoms. The number of thiophene rings is 1. The highest BCUT2D eigenvalue weighted by atomic mass is 79.9. The summed E-state index contributed by atoms with van der Waals surface area (Å²) in [4.78, 5) is 1.95. The maximum Gasteiger partial charge on any atom is 0.257 e. The number of nitrogens with zero attached hydrogens (tertiary/aromatic N) is 2. The van der Waals surface area contributed by atoms with Crippen LogP contribution in [-0.2, 0) is 5.75 Å². The van der Waals surface area contributed by atoms with E-state index in [1.54, 1.807) is 23.1 Å². The molecule has 108 valence electrons. The summed E-state index contributed by atoms with van der Waals surface area (Å²) in [5, 5.41) is 8.14. The molecule has 0 unspecified atom stereocenters. The average Bonchev–Trinajstić information content (AvgIpc) is 3.06. The molecule has 4 nitrogen and oxygen atoms in total. The second-order valence-corrected chi connectivity index (χ2v) is 8.47. The van der Waals surface area contributed by atoms with Crippen LogP contribution in [0.2, 0.25) is 0 Å². The van der Waals surface area contributed by atoms with Gasteiger partial charge in [0.05, 0.1) is 14.4 Å². The summed E-state index contributed by atoms with van der Waals surface area (Å²) in [7, 11) is 0. The van der Waals surface area contributed by atoms with Crippen molar-refractivity contribution in [2.24, 2.45) is 0 Å². The van der Waals surface area contributed by atoms with Gasteiger partial charge >= 0.3 is 0 Å². The van der Waals surface area contributed by atoms with E-state index in [1.807, 2.05) is 30.3 Å². The van der Waals surface area contributed by atoms with E-state index in [2.05, 4.69) is 42.1 Å². The van der Waals surface area contributed by atoms with Gasteiger partial charge in [0.1, 0.15) is 0 Å². The second kappa shape index (κ2) is 6.51. The van der Waals surface area contributed by atoms with Crippen molar-refractivity contribution in [2.45, 2.75) is 10.6 Å². The largest absolute Gasteiger partial charge is 0.419 e. The van der Waals surface area contributed by atoms with Crippen molar-refractivity contribution in [2.75, 3.05) is 5.73 Å². The van der Waals surface area contributed by atoms with Crippen molar-refractivity contribution in [3.63, 3.8) is 0 Å². The lowest BCUT2D eigenvalue weighted by molar-refractivity contribution is 0.529. The Morgan fingerprint density at radius 2 is 2.05 bits per heavy atom. The molecule has 0 saturated heterocycles. The number of nitrogen functional groups attached to an aromatic ring is 1. The van der Waals surface area contributed by atoms with Gasteiger partial charge in [-0.25, -0.2) is 0 Å². The first-order valence-corrected chi connectivity index (χ1v) is 9.26. The molecule has 0 atom stereocenters. The molecule has 2 aromatic heterocycles. The zero-order valence-corrected chi connectivity index (χ0v) is 15.4. The summed E-state index contributed by atoms with van der Waals surface area (Å²) in [6.45, 7) is 0. The number of thioether (sulfide) groups is 1. The maximum absolute atomic E-state index is 5.96. The summed E-state index contributed by atoms with van der Waals surface area (Å²) in [6.07, 6.45) is 0. The third-order valence-electron chi connectivity index (χ3n) is 2.57. The Hall–Kier alpha value is -0.830. The molecular weight excluding hydrogens is 438 g/mol. The van der Waals surface area contributed by atoms with Gasteiger partial charge in [0, 0.05) is 15.1 Å². The number of benzene rings is 1. The molecule has 3 rings (SSSR count). The highest BCUT2D eigenvalue weighted by Crippen LogP contribution is 2.33. The van der Waals surface area contributed by atoms with Crippen LogP contribution in [0.4, 0.5) is 5.69 Å². The smallest absolute Gasteiger partial charge is 0.257 e. The molecule has 8 heteroatoms. The van der Waals surface area contributed by atoms with Gasteiger partial charge in [-0.1, -0.05) is 15.9 Å². The Balaban J connectivity index is 1.70. The van der Waals surface area contributed by atoms with Crippen LogP contribution in [-0.4, -0.2) is 10.2 Å². The van der Waals surface area contributed by atoms with Gasteiger partial charge in [0.2, 0.25) is 5.89 Å². The number of hydrogen-bond donors (Lipinski definition) is 1. The zero-order chi connectivity index (χ0) is 14.8. The Labute approximate surface area is 146 Å².